The third-order valence-electron chi connectivity index (χ3n) is 2.90. The van der Waals surface area contributed by atoms with Crippen LogP contribution in [0.2, 0.25) is 5.02 Å². The van der Waals surface area contributed by atoms with E-state index in [1.165, 1.54) is 12.8 Å². The van der Waals surface area contributed by atoms with Crippen LogP contribution in [0.3, 0.4) is 0 Å². The lowest BCUT2D eigenvalue weighted by molar-refractivity contribution is 0.309. The number of hydrogen-bond acceptors (Lipinski definition) is 2. The number of hydrogen-bond donors (Lipinski definition) is 1. The highest BCUT2D eigenvalue weighted by Crippen LogP contribution is 2.32. The van der Waals surface area contributed by atoms with E-state index in [0.29, 0.717) is 11.1 Å². The molecule has 1 aromatic carbocycles. The van der Waals surface area contributed by atoms with Crippen molar-refractivity contribution in [3.63, 3.8) is 0 Å². The van der Waals surface area contributed by atoms with Crippen LogP contribution >= 0.6 is 11.6 Å². The molecule has 0 radical (unpaired) electrons. The van der Waals surface area contributed by atoms with E-state index in [4.69, 9.17) is 16.3 Å². The molecule has 1 aromatic rings. The summed E-state index contributed by atoms with van der Waals surface area (Å²) in [7, 11) is 1.64. The first-order chi connectivity index (χ1) is 7.19. The second-order valence-electron chi connectivity index (χ2n) is 4.27. The molecule has 1 aliphatic rings. The predicted molar refractivity (Wildman–Crippen MR) is 63.8 cm³/mol. The van der Waals surface area contributed by atoms with Crippen LogP contribution in [-0.4, -0.2) is 13.2 Å². The average Bonchev–Trinajstić information content (AvgIpc) is 2.18. The lowest BCUT2D eigenvalue weighted by Gasteiger charge is -2.34. The van der Waals surface area contributed by atoms with Crippen molar-refractivity contribution < 1.29 is 4.74 Å². The van der Waals surface area contributed by atoms with E-state index in [-0.39, 0.29) is 0 Å². The molecule has 0 atom stereocenters. The SMILES string of the molecule is COc1cc(NC2CC(C)C2)ccc1Cl. The first kappa shape index (κ1) is 10.6. The summed E-state index contributed by atoms with van der Waals surface area (Å²) in [4.78, 5) is 0. The van der Waals surface area contributed by atoms with Crippen LogP contribution in [0.5, 0.6) is 5.75 Å². The van der Waals surface area contributed by atoms with Crippen LogP contribution in [0, 0.1) is 5.92 Å². The topological polar surface area (TPSA) is 21.3 Å². The Balaban J connectivity index is 2.02. The van der Waals surface area contributed by atoms with Crippen molar-refractivity contribution in [2.75, 3.05) is 12.4 Å². The van der Waals surface area contributed by atoms with Crippen molar-refractivity contribution in [3.05, 3.63) is 23.2 Å². The summed E-state index contributed by atoms with van der Waals surface area (Å²) in [6, 6.07) is 6.43. The van der Waals surface area contributed by atoms with Gasteiger partial charge in [0.1, 0.15) is 5.75 Å². The van der Waals surface area contributed by atoms with Crippen molar-refractivity contribution in [1.82, 2.24) is 0 Å². The number of methoxy groups -OCH3 is 1. The van der Waals surface area contributed by atoms with Crippen molar-refractivity contribution in [3.8, 4) is 5.75 Å². The monoisotopic (exact) mass is 225 g/mol. The van der Waals surface area contributed by atoms with E-state index in [0.717, 1.165) is 17.4 Å². The Bertz CT molecular complexity index is 347. The third kappa shape index (κ3) is 2.37. The average molecular weight is 226 g/mol. The van der Waals surface area contributed by atoms with E-state index in [1.807, 2.05) is 18.2 Å². The lowest BCUT2D eigenvalue weighted by Crippen LogP contribution is -2.33. The van der Waals surface area contributed by atoms with Gasteiger partial charge in [-0.15, -0.1) is 0 Å². The van der Waals surface area contributed by atoms with Gasteiger partial charge in [0.15, 0.2) is 0 Å². The number of anilines is 1. The molecule has 0 heterocycles. The first-order valence-corrected chi connectivity index (χ1v) is 5.67. The fraction of sp³-hybridized carbons (Fsp3) is 0.500. The zero-order chi connectivity index (χ0) is 10.8. The second-order valence-corrected chi connectivity index (χ2v) is 4.67. The number of rotatable bonds is 3. The molecule has 1 N–H and O–H groups in total. The summed E-state index contributed by atoms with van der Waals surface area (Å²) in [5, 5.41) is 4.13. The summed E-state index contributed by atoms with van der Waals surface area (Å²) in [6.45, 7) is 2.28. The molecule has 0 aliphatic heterocycles. The van der Waals surface area contributed by atoms with E-state index >= 15 is 0 Å². The Morgan fingerprint density at radius 3 is 2.73 bits per heavy atom. The van der Waals surface area contributed by atoms with Gasteiger partial charge >= 0.3 is 0 Å². The summed E-state index contributed by atoms with van der Waals surface area (Å²) < 4.78 is 5.17. The minimum Gasteiger partial charge on any atom is -0.495 e. The van der Waals surface area contributed by atoms with Gasteiger partial charge < -0.3 is 10.1 Å². The maximum Gasteiger partial charge on any atom is 0.139 e. The quantitative estimate of drug-likeness (QED) is 0.850. The van der Waals surface area contributed by atoms with Crippen molar-refractivity contribution in [2.24, 2.45) is 5.92 Å². The minimum absolute atomic E-state index is 0.617. The largest absolute Gasteiger partial charge is 0.495 e. The maximum absolute atomic E-state index is 5.95. The Kier molecular flexibility index (Phi) is 3.06. The number of nitrogens with one attached hydrogen (secondary N) is 1. The van der Waals surface area contributed by atoms with Gasteiger partial charge in [-0.2, -0.15) is 0 Å². The van der Waals surface area contributed by atoms with Crippen molar-refractivity contribution in [2.45, 2.75) is 25.8 Å². The molecular formula is C12H16ClNO. The standard InChI is InChI=1S/C12H16ClNO/c1-8-5-10(6-8)14-9-3-4-11(13)12(7-9)15-2/h3-4,7-8,10,14H,5-6H2,1-2H3. The van der Waals surface area contributed by atoms with Crippen molar-refractivity contribution >= 4 is 17.3 Å². The molecule has 1 saturated carbocycles. The molecule has 1 fully saturated rings. The Morgan fingerprint density at radius 1 is 1.40 bits per heavy atom. The Hall–Kier alpha value is -0.890. The molecule has 0 unspecified atom stereocenters. The Labute approximate surface area is 95.6 Å². The highest BCUT2D eigenvalue weighted by Gasteiger charge is 2.24. The molecule has 1 aliphatic carbocycles. The van der Waals surface area contributed by atoms with E-state index in [2.05, 4.69) is 12.2 Å². The highest BCUT2D eigenvalue weighted by atomic mass is 35.5. The molecule has 2 nitrogen and oxygen atoms in total. The summed E-state index contributed by atoms with van der Waals surface area (Å²) in [6.07, 6.45) is 2.51. The molecule has 0 bridgehead atoms. The fourth-order valence-corrected chi connectivity index (χ4v) is 2.20. The van der Waals surface area contributed by atoms with Gasteiger partial charge in [-0.25, -0.2) is 0 Å². The van der Waals surface area contributed by atoms with Crippen LogP contribution in [-0.2, 0) is 0 Å². The number of halogens is 1. The van der Waals surface area contributed by atoms with Crippen LogP contribution in [0.1, 0.15) is 19.8 Å². The zero-order valence-electron chi connectivity index (χ0n) is 9.09. The minimum atomic E-state index is 0.617. The molecule has 0 spiro atoms. The molecule has 15 heavy (non-hydrogen) atoms. The van der Waals surface area contributed by atoms with Crippen molar-refractivity contribution in [1.29, 1.82) is 0 Å². The number of ether oxygens (including phenoxy) is 1. The lowest BCUT2D eigenvalue weighted by atomic mass is 9.82. The molecule has 2 rings (SSSR count). The normalized spacial score (nSPS) is 24.5. The van der Waals surface area contributed by atoms with Gasteiger partial charge in [0.25, 0.3) is 0 Å². The molecule has 0 saturated heterocycles. The molecule has 0 aromatic heterocycles. The summed E-state index contributed by atoms with van der Waals surface area (Å²) >= 11 is 5.95. The third-order valence-corrected chi connectivity index (χ3v) is 3.21. The van der Waals surface area contributed by atoms with E-state index in [9.17, 15) is 0 Å². The second kappa shape index (κ2) is 4.31. The van der Waals surface area contributed by atoms with Crippen LogP contribution < -0.4 is 10.1 Å². The van der Waals surface area contributed by atoms with Crippen LogP contribution in [0.25, 0.3) is 0 Å². The molecule has 3 heteroatoms. The van der Waals surface area contributed by atoms with E-state index in [1.54, 1.807) is 7.11 Å². The zero-order valence-corrected chi connectivity index (χ0v) is 9.84. The maximum atomic E-state index is 5.95. The molecule has 0 amide bonds. The van der Waals surface area contributed by atoms with Gasteiger partial charge in [-0.1, -0.05) is 18.5 Å². The summed E-state index contributed by atoms with van der Waals surface area (Å²) in [5.41, 5.74) is 1.09. The smallest absolute Gasteiger partial charge is 0.139 e. The van der Waals surface area contributed by atoms with Gasteiger partial charge in [0.05, 0.1) is 12.1 Å². The molecular weight excluding hydrogens is 210 g/mol. The van der Waals surface area contributed by atoms with Crippen LogP contribution in [0.15, 0.2) is 18.2 Å². The predicted octanol–water partition coefficient (Wildman–Crippen LogP) is 3.56. The van der Waals surface area contributed by atoms with Gasteiger partial charge in [-0.05, 0) is 30.9 Å². The highest BCUT2D eigenvalue weighted by molar-refractivity contribution is 6.32. The molecule has 82 valence electrons. The van der Waals surface area contributed by atoms with Crippen LogP contribution in [0.4, 0.5) is 5.69 Å². The van der Waals surface area contributed by atoms with E-state index < -0.39 is 0 Å². The Morgan fingerprint density at radius 2 is 2.13 bits per heavy atom. The number of benzene rings is 1. The van der Waals surface area contributed by atoms with Gasteiger partial charge in [0, 0.05) is 17.8 Å². The van der Waals surface area contributed by atoms with Gasteiger partial charge in [0.2, 0.25) is 0 Å². The summed E-state index contributed by atoms with van der Waals surface area (Å²) in [5.74, 6) is 1.59. The van der Waals surface area contributed by atoms with Gasteiger partial charge in [-0.3, -0.25) is 0 Å². The fourth-order valence-electron chi connectivity index (χ4n) is 2.01. The first-order valence-electron chi connectivity index (χ1n) is 5.29.